The lowest BCUT2D eigenvalue weighted by Gasteiger charge is -2.44. The fraction of sp³-hybridized carbons (Fsp3) is 0.286. The van der Waals surface area contributed by atoms with E-state index >= 15 is 0 Å². The summed E-state index contributed by atoms with van der Waals surface area (Å²) in [5, 5.41) is 3.43. The maximum Gasteiger partial charge on any atom is 0.256 e. The third-order valence-electron chi connectivity index (χ3n) is 7.01. The second kappa shape index (κ2) is 10.9. The Bertz CT molecular complexity index is 1310. The highest BCUT2D eigenvalue weighted by molar-refractivity contribution is 6.30. The van der Waals surface area contributed by atoms with Crippen LogP contribution in [-0.2, 0) is 16.1 Å². The molecule has 2 saturated heterocycles. The summed E-state index contributed by atoms with van der Waals surface area (Å²) in [6.07, 6.45) is 3.93. The molecule has 0 saturated carbocycles. The minimum absolute atomic E-state index is 0.0141. The van der Waals surface area contributed by atoms with Gasteiger partial charge in [0.1, 0.15) is 17.6 Å². The van der Waals surface area contributed by atoms with Gasteiger partial charge in [-0.3, -0.25) is 24.3 Å². The number of nitrogens with one attached hydrogen (secondary N) is 1. The predicted octanol–water partition coefficient (Wildman–Crippen LogP) is 3.66. The molecule has 0 radical (unpaired) electrons. The summed E-state index contributed by atoms with van der Waals surface area (Å²) in [6, 6.07) is 14.6. The van der Waals surface area contributed by atoms with E-state index in [1.165, 1.54) is 29.2 Å². The molecule has 1 atom stereocenters. The maximum atomic E-state index is 13.7. The Morgan fingerprint density at radius 3 is 2.21 bits per heavy atom. The van der Waals surface area contributed by atoms with Crippen molar-refractivity contribution in [3.63, 3.8) is 0 Å². The van der Waals surface area contributed by atoms with Crippen LogP contribution in [0.3, 0.4) is 0 Å². The van der Waals surface area contributed by atoms with Gasteiger partial charge < -0.3 is 15.0 Å². The Hall–Kier alpha value is -3.82. The van der Waals surface area contributed by atoms with Crippen molar-refractivity contribution < 1.29 is 23.5 Å². The van der Waals surface area contributed by atoms with E-state index in [0.29, 0.717) is 36.5 Å². The van der Waals surface area contributed by atoms with Crippen molar-refractivity contribution >= 4 is 29.3 Å². The summed E-state index contributed by atoms with van der Waals surface area (Å²) in [5.74, 6) is -1.38. The molecule has 1 aromatic heterocycles. The number of hydrogen-bond donors (Lipinski definition) is 1. The fourth-order valence-corrected chi connectivity index (χ4v) is 5.07. The van der Waals surface area contributed by atoms with Gasteiger partial charge in [0.25, 0.3) is 11.8 Å². The van der Waals surface area contributed by atoms with E-state index in [9.17, 15) is 18.8 Å². The van der Waals surface area contributed by atoms with Crippen molar-refractivity contribution in [2.24, 2.45) is 0 Å². The first kappa shape index (κ1) is 25.8. The number of rotatable bonds is 5. The van der Waals surface area contributed by atoms with Crippen LogP contribution >= 0.6 is 11.6 Å². The SMILES string of the molecule is O=C(NCc1ccncc1)[C@H]1COC2(CCN(C(=O)c3ccc(Cl)cc3)CC2)N1C(=O)c1ccc(F)cc1. The number of amides is 3. The van der Waals surface area contributed by atoms with Gasteiger partial charge in [0.05, 0.1) is 6.61 Å². The lowest BCUT2D eigenvalue weighted by atomic mass is 9.96. The topological polar surface area (TPSA) is 91.8 Å². The van der Waals surface area contributed by atoms with Crippen LogP contribution < -0.4 is 5.32 Å². The highest BCUT2D eigenvalue weighted by Crippen LogP contribution is 2.39. The van der Waals surface area contributed by atoms with Crippen LogP contribution in [0.5, 0.6) is 0 Å². The van der Waals surface area contributed by atoms with E-state index < -0.39 is 23.5 Å². The average molecular weight is 537 g/mol. The van der Waals surface area contributed by atoms with Gasteiger partial charge in [0.15, 0.2) is 0 Å². The van der Waals surface area contributed by atoms with Gasteiger partial charge in [-0.25, -0.2) is 4.39 Å². The zero-order valence-corrected chi connectivity index (χ0v) is 21.2. The molecular formula is C28H26ClFN4O4. The van der Waals surface area contributed by atoms with Crippen molar-refractivity contribution in [2.45, 2.75) is 31.2 Å². The smallest absolute Gasteiger partial charge is 0.256 e. The van der Waals surface area contributed by atoms with Crippen molar-refractivity contribution in [1.29, 1.82) is 0 Å². The lowest BCUT2D eigenvalue weighted by Crippen LogP contribution is -2.59. The highest BCUT2D eigenvalue weighted by atomic mass is 35.5. The average Bonchev–Trinajstić information content (AvgIpc) is 3.31. The molecule has 2 aromatic carbocycles. The van der Waals surface area contributed by atoms with Crippen LogP contribution in [0.15, 0.2) is 73.1 Å². The third-order valence-corrected chi connectivity index (χ3v) is 7.26. The summed E-state index contributed by atoms with van der Waals surface area (Å²) in [6.45, 7) is 0.951. The molecule has 10 heteroatoms. The number of pyridine rings is 1. The van der Waals surface area contributed by atoms with Gasteiger partial charge in [-0.2, -0.15) is 0 Å². The molecule has 3 amide bonds. The second-order valence-corrected chi connectivity index (χ2v) is 9.76. The molecular weight excluding hydrogens is 511 g/mol. The van der Waals surface area contributed by atoms with Gasteiger partial charge in [0.2, 0.25) is 5.91 Å². The molecule has 0 unspecified atom stereocenters. The van der Waals surface area contributed by atoms with Gasteiger partial charge in [-0.15, -0.1) is 0 Å². The fourth-order valence-electron chi connectivity index (χ4n) is 4.94. The van der Waals surface area contributed by atoms with E-state index in [1.807, 2.05) is 0 Å². The molecule has 2 aliphatic rings. The molecule has 38 heavy (non-hydrogen) atoms. The molecule has 1 spiro atoms. The Labute approximate surface area is 224 Å². The van der Waals surface area contributed by atoms with Crippen LogP contribution in [0, 0.1) is 5.82 Å². The number of ether oxygens (including phenoxy) is 1. The van der Waals surface area contributed by atoms with Crippen LogP contribution in [-0.4, -0.2) is 64.0 Å². The van der Waals surface area contributed by atoms with E-state index in [-0.39, 0.29) is 30.5 Å². The van der Waals surface area contributed by atoms with Gasteiger partial charge in [0, 0.05) is 61.0 Å². The Morgan fingerprint density at radius 1 is 0.947 bits per heavy atom. The van der Waals surface area contributed by atoms with E-state index in [2.05, 4.69) is 10.3 Å². The van der Waals surface area contributed by atoms with Crippen LogP contribution in [0.1, 0.15) is 39.1 Å². The van der Waals surface area contributed by atoms with Crippen LogP contribution in [0.4, 0.5) is 4.39 Å². The van der Waals surface area contributed by atoms with Crippen LogP contribution in [0.2, 0.25) is 5.02 Å². The lowest BCUT2D eigenvalue weighted by molar-refractivity contribution is -0.128. The number of carbonyl (C=O) groups excluding carboxylic acids is 3. The Balaban J connectivity index is 1.36. The number of piperidine rings is 1. The molecule has 2 fully saturated rings. The van der Waals surface area contributed by atoms with Crippen molar-refractivity contribution in [3.8, 4) is 0 Å². The molecule has 8 nitrogen and oxygen atoms in total. The molecule has 196 valence electrons. The molecule has 1 N–H and O–H groups in total. The summed E-state index contributed by atoms with van der Waals surface area (Å²) < 4.78 is 19.8. The quantitative estimate of drug-likeness (QED) is 0.537. The minimum Gasteiger partial charge on any atom is -0.353 e. The van der Waals surface area contributed by atoms with E-state index in [1.54, 1.807) is 53.7 Å². The summed E-state index contributed by atoms with van der Waals surface area (Å²) in [7, 11) is 0. The van der Waals surface area contributed by atoms with E-state index in [4.69, 9.17) is 16.3 Å². The first-order valence-corrected chi connectivity index (χ1v) is 12.7. The molecule has 2 aliphatic heterocycles. The normalized spacial score (nSPS) is 18.4. The summed E-state index contributed by atoms with van der Waals surface area (Å²) >= 11 is 5.95. The number of likely N-dealkylation sites (tertiary alicyclic amines) is 1. The predicted molar refractivity (Wildman–Crippen MR) is 138 cm³/mol. The number of halogens is 2. The molecule has 0 aliphatic carbocycles. The van der Waals surface area contributed by atoms with E-state index in [0.717, 1.165) is 5.56 Å². The monoisotopic (exact) mass is 536 g/mol. The van der Waals surface area contributed by atoms with Gasteiger partial charge >= 0.3 is 0 Å². The Morgan fingerprint density at radius 2 is 1.55 bits per heavy atom. The number of carbonyl (C=O) groups is 3. The summed E-state index contributed by atoms with van der Waals surface area (Å²) in [4.78, 5) is 47.2. The van der Waals surface area contributed by atoms with Crippen molar-refractivity contribution in [2.75, 3.05) is 19.7 Å². The largest absolute Gasteiger partial charge is 0.353 e. The molecule has 3 aromatic rings. The maximum absolute atomic E-state index is 13.7. The van der Waals surface area contributed by atoms with Crippen molar-refractivity contribution in [1.82, 2.24) is 20.1 Å². The molecule has 5 rings (SSSR count). The summed E-state index contributed by atoms with van der Waals surface area (Å²) in [5.41, 5.74) is 0.571. The highest BCUT2D eigenvalue weighted by Gasteiger charge is 2.54. The zero-order valence-electron chi connectivity index (χ0n) is 20.5. The molecule has 3 heterocycles. The number of aromatic nitrogens is 1. The zero-order chi connectivity index (χ0) is 26.7. The van der Waals surface area contributed by atoms with Crippen molar-refractivity contribution in [3.05, 3.63) is 101 Å². The van der Waals surface area contributed by atoms with Crippen LogP contribution in [0.25, 0.3) is 0 Å². The third kappa shape index (κ3) is 5.25. The number of benzene rings is 2. The molecule has 0 bridgehead atoms. The number of hydrogen-bond acceptors (Lipinski definition) is 5. The van der Waals surface area contributed by atoms with Gasteiger partial charge in [-0.1, -0.05) is 11.6 Å². The first-order chi connectivity index (χ1) is 18.4. The first-order valence-electron chi connectivity index (χ1n) is 12.3. The second-order valence-electron chi connectivity index (χ2n) is 9.33. The standard InChI is InChI=1S/C28H26ClFN4O4/c29-22-5-1-20(2-6-22)26(36)33-15-11-28(12-16-33)34(27(37)21-3-7-23(30)8-4-21)24(18-38-28)25(35)32-17-19-9-13-31-14-10-19/h1-10,13-14,24H,11-12,15-18H2,(H,32,35)/t24-/m1/s1. The van der Waals surface area contributed by atoms with Gasteiger partial charge in [-0.05, 0) is 66.2 Å². The number of nitrogens with zero attached hydrogens (tertiary/aromatic N) is 3. The Kier molecular flexibility index (Phi) is 7.40. The minimum atomic E-state index is -1.07.